The molecule has 0 saturated carbocycles. The monoisotopic (exact) mass is 291 g/mol. The Morgan fingerprint density at radius 2 is 2.33 bits per heavy atom. The van der Waals surface area contributed by atoms with Crippen molar-refractivity contribution in [3.05, 3.63) is 42.1 Å². The van der Waals surface area contributed by atoms with Crippen LogP contribution in [0, 0.1) is 0 Å². The van der Waals surface area contributed by atoms with Crippen LogP contribution in [-0.2, 0) is 17.9 Å². The third-order valence-corrected chi connectivity index (χ3v) is 3.49. The van der Waals surface area contributed by atoms with E-state index in [-0.39, 0.29) is 11.9 Å². The van der Waals surface area contributed by atoms with E-state index >= 15 is 0 Å². The number of ether oxygens (including phenoxy) is 1. The number of methoxy groups -OCH3 is 1. The highest BCUT2D eigenvalue weighted by Crippen LogP contribution is 2.11. The normalized spacial score (nSPS) is 12.3. The molecule has 0 spiro atoms. The first-order chi connectivity index (χ1) is 10.1. The van der Waals surface area contributed by atoms with E-state index in [1.807, 2.05) is 19.1 Å². The molecule has 0 aromatic carbocycles. The lowest BCUT2D eigenvalue weighted by Crippen LogP contribution is -2.35. The molecule has 21 heavy (non-hydrogen) atoms. The number of aromatic nitrogens is 2. The molecule has 114 valence electrons. The van der Waals surface area contributed by atoms with E-state index < -0.39 is 0 Å². The first-order valence-electron chi connectivity index (χ1n) is 6.93. The molecule has 0 fully saturated rings. The molecule has 1 unspecified atom stereocenters. The summed E-state index contributed by atoms with van der Waals surface area (Å²) in [5.74, 6) is 0.851. The lowest BCUT2D eigenvalue weighted by Gasteiger charge is -2.23. The number of carbonyl (C=O) groups excluding carboxylic acids is 1. The Morgan fingerprint density at radius 3 is 3.00 bits per heavy atom. The predicted molar refractivity (Wildman–Crippen MR) is 77.8 cm³/mol. The van der Waals surface area contributed by atoms with E-state index in [1.54, 1.807) is 42.3 Å². The molecular weight excluding hydrogens is 270 g/mol. The highest BCUT2D eigenvalue weighted by molar-refractivity contribution is 5.92. The van der Waals surface area contributed by atoms with Gasteiger partial charge in [0.05, 0.1) is 6.26 Å². The summed E-state index contributed by atoms with van der Waals surface area (Å²) in [6, 6.07) is 5.63. The van der Waals surface area contributed by atoms with Gasteiger partial charge in [-0.2, -0.15) is 5.10 Å². The second-order valence-electron chi connectivity index (χ2n) is 5.04. The van der Waals surface area contributed by atoms with Crippen molar-refractivity contribution < 1.29 is 13.9 Å². The van der Waals surface area contributed by atoms with Crippen molar-refractivity contribution in [2.75, 3.05) is 14.2 Å². The predicted octanol–water partition coefficient (Wildman–Crippen LogP) is 2.17. The van der Waals surface area contributed by atoms with Crippen LogP contribution in [0.25, 0.3) is 0 Å². The van der Waals surface area contributed by atoms with Gasteiger partial charge in [-0.15, -0.1) is 0 Å². The average molecular weight is 291 g/mol. The van der Waals surface area contributed by atoms with Gasteiger partial charge in [-0.1, -0.05) is 0 Å². The zero-order valence-corrected chi connectivity index (χ0v) is 12.7. The van der Waals surface area contributed by atoms with Crippen LogP contribution >= 0.6 is 0 Å². The lowest BCUT2D eigenvalue weighted by molar-refractivity contribution is 0.0725. The van der Waals surface area contributed by atoms with Crippen LogP contribution in [0.5, 0.6) is 0 Å². The van der Waals surface area contributed by atoms with Crippen LogP contribution in [-0.4, -0.2) is 40.8 Å². The van der Waals surface area contributed by atoms with Crippen LogP contribution in [0.2, 0.25) is 0 Å². The van der Waals surface area contributed by atoms with Gasteiger partial charge >= 0.3 is 0 Å². The van der Waals surface area contributed by atoms with E-state index in [4.69, 9.17) is 9.15 Å². The molecule has 2 aromatic heterocycles. The molecule has 1 amide bonds. The third kappa shape index (κ3) is 3.95. The number of aryl methyl sites for hydroxylation is 1. The van der Waals surface area contributed by atoms with Crippen molar-refractivity contribution in [1.82, 2.24) is 14.7 Å². The highest BCUT2D eigenvalue weighted by atomic mass is 16.5. The van der Waals surface area contributed by atoms with Gasteiger partial charge in [0, 0.05) is 32.8 Å². The highest BCUT2D eigenvalue weighted by Gasteiger charge is 2.19. The fraction of sp³-hybridized carbons (Fsp3) is 0.467. The zero-order chi connectivity index (χ0) is 15.2. The van der Waals surface area contributed by atoms with Gasteiger partial charge in [0.25, 0.3) is 5.91 Å². The van der Waals surface area contributed by atoms with Crippen LogP contribution in [0.1, 0.15) is 29.6 Å². The van der Waals surface area contributed by atoms with E-state index in [0.29, 0.717) is 12.4 Å². The van der Waals surface area contributed by atoms with Crippen molar-refractivity contribution in [2.24, 2.45) is 0 Å². The number of carbonyl (C=O) groups is 1. The first-order valence-corrected chi connectivity index (χ1v) is 6.93. The first kappa shape index (κ1) is 15.3. The van der Waals surface area contributed by atoms with Crippen LogP contribution < -0.4 is 0 Å². The van der Waals surface area contributed by atoms with Crippen molar-refractivity contribution in [3.8, 4) is 0 Å². The van der Waals surface area contributed by atoms with Gasteiger partial charge in [-0.25, -0.2) is 4.68 Å². The molecule has 0 N–H and O–H groups in total. The molecule has 0 saturated heterocycles. The number of amides is 1. The maximum Gasteiger partial charge on any atom is 0.274 e. The molecule has 2 rings (SSSR count). The number of rotatable bonds is 7. The minimum absolute atomic E-state index is 0.0863. The van der Waals surface area contributed by atoms with Crippen molar-refractivity contribution in [3.63, 3.8) is 0 Å². The van der Waals surface area contributed by atoms with E-state index in [2.05, 4.69) is 5.10 Å². The molecular formula is C15H21N3O3. The summed E-state index contributed by atoms with van der Waals surface area (Å²) in [5, 5.41) is 4.20. The summed E-state index contributed by atoms with van der Waals surface area (Å²) >= 11 is 0. The molecule has 1 atom stereocenters. The van der Waals surface area contributed by atoms with E-state index in [9.17, 15) is 4.79 Å². The molecule has 0 aliphatic rings. The minimum atomic E-state index is -0.0863. The molecule has 6 nitrogen and oxygen atoms in total. The average Bonchev–Trinajstić information content (AvgIpc) is 3.15. The van der Waals surface area contributed by atoms with Gasteiger partial charge in [-0.05, 0) is 31.5 Å². The topological polar surface area (TPSA) is 60.5 Å². The molecule has 6 heteroatoms. The zero-order valence-electron chi connectivity index (χ0n) is 12.7. The summed E-state index contributed by atoms with van der Waals surface area (Å²) in [7, 11) is 3.39. The van der Waals surface area contributed by atoms with Crippen LogP contribution in [0.4, 0.5) is 0 Å². The Kier molecular flexibility index (Phi) is 5.16. The van der Waals surface area contributed by atoms with Gasteiger partial charge in [-0.3, -0.25) is 4.79 Å². The Morgan fingerprint density at radius 1 is 1.52 bits per heavy atom. The Labute approximate surface area is 124 Å². The Bertz CT molecular complexity index is 562. The summed E-state index contributed by atoms with van der Waals surface area (Å²) in [6.45, 7) is 2.36. The van der Waals surface area contributed by atoms with E-state index in [1.165, 1.54) is 0 Å². The van der Waals surface area contributed by atoms with E-state index in [0.717, 1.165) is 18.6 Å². The maximum absolute atomic E-state index is 12.4. The molecule has 0 aliphatic heterocycles. The minimum Gasteiger partial charge on any atom is -0.469 e. The SMILES string of the molecule is COCn1ccc(C(=O)N(C)C(C)CCc2ccco2)n1. The number of nitrogens with zero attached hydrogens (tertiary/aromatic N) is 3. The fourth-order valence-electron chi connectivity index (χ4n) is 2.06. The molecule has 2 aromatic rings. The van der Waals surface area contributed by atoms with Crippen molar-refractivity contribution >= 4 is 5.91 Å². The Hall–Kier alpha value is -2.08. The van der Waals surface area contributed by atoms with Gasteiger partial charge < -0.3 is 14.1 Å². The largest absolute Gasteiger partial charge is 0.469 e. The van der Waals surface area contributed by atoms with Gasteiger partial charge in [0.1, 0.15) is 18.2 Å². The third-order valence-electron chi connectivity index (χ3n) is 3.49. The van der Waals surface area contributed by atoms with Gasteiger partial charge in [0.2, 0.25) is 0 Å². The number of furan rings is 1. The quantitative estimate of drug-likeness (QED) is 0.784. The second kappa shape index (κ2) is 7.08. The van der Waals surface area contributed by atoms with Crippen LogP contribution in [0.3, 0.4) is 0 Å². The molecule has 0 radical (unpaired) electrons. The number of hydrogen-bond acceptors (Lipinski definition) is 4. The summed E-state index contributed by atoms with van der Waals surface area (Å²) < 4.78 is 11.9. The molecule has 2 heterocycles. The maximum atomic E-state index is 12.4. The van der Waals surface area contributed by atoms with Crippen LogP contribution in [0.15, 0.2) is 35.1 Å². The Balaban J connectivity index is 1.90. The standard InChI is InChI=1S/C15H21N3O3/c1-12(6-7-13-5-4-10-21-13)17(2)15(19)14-8-9-18(16-14)11-20-3/h4-5,8-10,12H,6-7,11H2,1-3H3. The smallest absolute Gasteiger partial charge is 0.274 e. The summed E-state index contributed by atoms with van der Waals surface area (Å²) in [4.78, 5) is 14.1. The summed E-state index contributed by atoms with van der Waals surface area (Å²) in [5.41, 5.74) is 0.430. The van der Waals surface area contributed by atoms with Crippen molar-refractivity contribution in [2.45, 2.75) is 32.5 Å². The fourth-order valence-corrected chi connectivity index (χ4v) is 2.06. The van der Waals surface area contributed by atoms with Gasteiger partial charge in [0.15, 0.2) is 0 Å². The molecule has 0 bridgehead atoms. The van der Waals surface area contributed by atoms with Crippen molar-refractivity contribution in [1.29, 1.82) is 0 Å². The summed E-state index contributed by atoms with van der Waals surface area (Å²) in [6.07, 6.45) is 5.05. The number of hydrogen-bond donors (Lipinski definition) is 0. The lowest BCUT2D eigenvalue weighted by atomic mass is 10.1. The second-order valence-corrected chi connectivity index (χ2v) is 5.04. The molecule has 0 aliphatic carbocycles.